The Morgan fingerprint density at radius 2 is 1.62 bits per heavy atom. The van der Waals surface area contributed by atoms with Gasteiger partial charge in [0, 0.05) is 7.05 Å². The molecule has 6 nitrogen and oxygen atoms in total. The van der Waals surface area contributed by atoms with Crippen LogP contribution >= 0.6 is 23.1 Å². The van der Waals surface area contributed by atoms with Crippen LogP contribution in [0, 0.1) is 6.92 Å². The van der Waals surface area contributed by atoms with Gasteiger partial charge < -0.3 is 5.32 Å². The third-order valence-corrected chi connectivity index (χ3v) is 8.02. The molecule has 3 aromatic carbocycles. The summed E-state index contributed by atoms with van der Waals surface area (Å²) in [5.41, 5.74) is 3.19. The molecule has 0 radical (unpaired) electrons. The van der Waals surface area contributed by atoms with E-state index in [1.165, 1.54) is 11.8 Å². The molecule has 2 heterocycles. The van der Waals surface area contributed by atoms with Crippen molar-refractivity contribution in [1.82, 2.24) is 14.3 Å². The number of hydrogen-bond donors (Lipinski definition) is 1. The average Bonchev–Trinajstić information content (AvgIpc) is 3.37. The van der Waals surface area contributed by atoms with Crippen LogP contribution in [-0.2, 0) is 11.8 Å². The van der Waals surface area contributed by atoms with E-state index in [4.69, 9.17) is 4.98 Å². The first-order chi connectivity index (χ1) is 16.5. The van der Waals surface area contributed by atoms with Gasteiger partial charge in [-0.1, -0.05) is 72.4 Å². The summed E-state index contributed by atoms with van der Waals surface area (Å²) in [6.45, 7) is 1.83. The first-order valence-electron chi connectivity index (χ1n) is 10.7. The van der Waals surface area contributed by atoms with Gasteiger partial charge in [-0.3, -0.25) is 14.3 Å². The Bertz CT molecular complexity index is 1490. The highest BCUT2D eigenvalue weighted by molar-refractivity contribution is 8.02. The zero-order valence-corrected chi connectivity index (χ0v) is 20.3. The largest absolute Gasteiger partial charge is 0.319 e. The van der Waals surface area contributed by atoms with E-state index in [9.17, 15) is 9.59 Å². The highest BCUT2D eigenvalue weighted by Crippen LogP contribution is 2.40. The molecule has 0 saturated carbocycles. The molecule has 1 atom stereocenters. The van der Waals surface area contributed by atoms with E-state index >= 15 is 0 Å². The number of thioether (sulfide) groups is 1. The molecule has 0 aliphatic carbocycles. The fourth-order valence-electron chi connectivity index (χ4n) is 3.80. The molecule has 0 bridgehead atoms. The first kappa shape index (κ1) is 22.2. The Kier molecular flexibility index (Phi) is 6.08. The number of carbonyl (C=O) groups is 1. The Labute approximate surface area is 204 Å². The standard InChI is InChI=1S/C26H22N4O2S2/c1-17-22(25(32)30(29(17)2)19-13-7-4-8-14-19)28-24(31)23(18-11-5-3-6-12-18)34-26-27-20-15-9-10-16-21(20)33-26/h3-16,23H,1-2H3,(H,28,31). The molecule has 1 amide bonds. The molecule has 0 aliphatic rings. The van der Waals surface area contributed by atoms with E-state index in [1.54, 1.807) is 20.7 Å². The number of hydrogen-bond acceptors (Lipinski definition) is 5. The van der Waals surface area contributed by atoms with Crippen LogP contribution in [-0.4, -0.2) is 20.3 Å². The number of anilines is 1. The van der Waals surface area contributed by atoms with Crippen molar-refractivity contribution in [2.24, 2.45) is 7.05 Å². The summed E-state index contributed by atoms with van der Waals surface area (Å²) in [7, 11) is 1.81. The molecule has 0 saturated heterocycles. The minimum Gasteiger partial charge on any atom is -0.319 e. The van der Waals surface area contributed by atoms with Crippen molar-refractivity contribution < 1.29 is 4.79 Å². The lowest BCUT2D eigenvalue weighted by atomic mass is 10.1. The van der Waals surface area contributed by atoms with Gasteiger partial charge in [-0.25, -0.2) is 9.67 Å². The lowest BCUT2D eigenvalue weighted by Gasteiger charge is -2.15. The summed E-state index contributed by atoms with van der Waals surface area (Å²) < 4.78 is 5.19. The number of carbonyl (C=O) groups excluding carboxylic acids is 1. The van der Waals surface area contributed by atoms with Gasteiger partial charge in [0.25, 0.3) is 5.56 Å². The number of nitrogens with one attached hydrogen (secondary N) is 1. The predicted octanol–water partition coefficient (Wildman–Crippen LogP) is 5.57. The van der Waals surface area contributed by atoms with Gasteiger partial charge >= 0.3 is 0 Å². The Balaban J connectivity index is 1.50. The summed E-state index contributed by atoms with van der Waals surface area (Å²) >= 11 is 2.95. The Hall–Kier alpha value is -3.62. The van der Waals surface area contributed by atoms with Gasteiger partial charge in [0.1, 0.15) is 10.9 Å². The molecule has 2 aromatic heterocycles. The van der Waals surface area contributed by atoms with Crippen molar-refractivity contribution in [2.45, 2.75) is 16.5 Å². The van der Waals surface area contributed by atoms with Crippen LogP contribution in [0.25, 0.3) is 15.9 Å². The van der Waals surface area contributed by atoms with Crippen molar-refractivity contribution in [3.63, 3.8) is 0 Å². The molecule has 5 rings (SSSR count). The summed E-state index contributed by atoms with van der Waals surface area (Å²) in [5.74, 6) is -0.263. The smallest absolute Gasteiger partial charge is 0.295 e. The number of para-hydroxylation sites is 2. The van der Waals surface area contributed by atoms with Crippen LogP contribution in [0.15, 0.2) is 94.1 Å². The average molecular weight is 487 g/mol. The maximum Gasteiger partial charge on any atom is 0.295 e. The number of rotatable bonds is 6. The highest BCUT2D eigenvalue weighted by Gasteiger charge is 2.27. The van der Waals surface area contributed by atoms with Gasteiger partial charge in [-0.2, -0.15) is 0 Å². The monoisotopic (exact) mass is 486 g/mol. The van der Waals surface area contributed by atoms with Gasteiger partial charge in [0.15, 0.2) is 4.34 Å². The van der Waals surface area contributed by atoms with Crippen LogP contribution in [0.3, 0.4) is 0 Å². The second kappa shape index (κ2) is 9.32. The fourth-order valence-corrected chi connectivity index (χ4v) is 6.06. The van der Waals surface area contributed by atoms with E-state index in [0.29, 0.717) is 5.69 Å². The molecule has 170 valence electrons. The summed E-state index contributed by atoms with van der Waals surface area (Å²) in [5, 5.41) is 2.36. The fraction of sp³-hybridized carbons (Fsp3) is 0.115. The van der Waals surface area contributed by atoms with Crippen molar-refractivity contribution in [2.75, 3.05) is 5.32 Å². The molecule has 1 N–H and O–H groups in total. The van der Waals surface area contributed by atoms with Crippen molar-refractivity contribution in [3.05, 3.63) is 107 Å². The van der Waals surface area contributed by atoms with E-state index < -0.39 is 5.25 Å². The SMILES string of the molecule is Cc1c(NC(=O)C(Sc2nc3ccccc3s2)c2ccccc2)c(=O)n(-c2ccccc2)n1C. The van der Waals surface area contributed by atoms with Crippen molar-refractivity contribution in [3.8, 4) is 5.69 Å². The second-order valence-electron chi connectivity index (χ2n) is 7.78. The maximum atomic E-state index is 13.6. The van der Waals surface area contributed by atoms with Gasteiger partial charge in [0.2, 0.25) is 5.91 Å². The summed E-state index contributed by atoms with van der Waals surface area (Å²) in [4.78, 5) is 31.6. The lowest BCUT2D eigenvalue weighted by Crippen LogP contribution is -2.25. The quantitative estimate of drug-likeness (QED) is 0.319. The molecule has 1 unspecified atom stereocenters. The summed E-state index contributed by atoms with van der Waals surface area (Å²) in [6, 6.07) is 26.9. The van der Waals surface area contributed by atoms with Gasteiger partial charge in [-0.15, -0.1) is 11.3 Å². The molecular weight excluding hydrogens is 464 g/mol. The third kappa shape index (κ3) is 4.18. The highest BCUT2D eigenvalue weighted by atomic mass is 32.2. The van der Waals surface area contributed by atoms with E-state index in [2.05, 4.69) is 5.32 Å². The zero-order chi connectivity index (χ0) is 23.7. The van der Waals surface area contributed by atoms with Crippen LogP contribution in [0.1, 0.15) is 16.5 Å². The molecule has 0 aliphatic heterocycles. The third-order valence-electron chi connectivity index (χ3n) is 5.64. The van der Waals surface area contributed by atoms with E-state index in [-0.39, 0.29) is 17.2 Å². The van der Waals surface area contributed by atoms with E-state index in [1.807, 2.05) is 98.9 Å². The molecular formula is C26H22N4O2S2. The van der Waals surface area contributed by atoms with Crippen LogP contribution < -0.4 is 10.9 Å². The lowest BCUT2D eigenvalue weighted by molar-refractivity contribution is -0.115. The number of benzene rings is 3. The molecule has 5 aromatic rings. The number of amides is 1. The number of fused-ring (bicyclic) bond motifs is 1. The Morgan fingerprint density at radius 3 is 2.32 bits per heavy atom. The maximum absolute atomic E-state index is 13.6. The molecule has 0 spiro atoms. The molecule has 34 heavy (non-hydrogen) atoms. The summed E-state index contributed by atoms with van der Waals surface area (Å²) in [6.07, 6.45) is 0. The van der Waals surface area contributed by atoms with Crippen LogP contribution in [0.4, 0.5) is 5.69 Å². The van der Waals surface area contributed by atoms with Gasteiger partial charge in [0.05, 0.1) is 21.6 Å². The topological polar surface area (TPSA) is 68.9 Å². The van der Waals surface area contributed by atoms with Crippen molar-refractivity contribution >= 4 is 44.9 Å². The number of aromatic nitrogens is 3. The van der Waals surface area contributed by atoms with E-state index in [0.717, 1.165) is 25.8 Å². The first-order valence-corrected chi connectivity index (χ1v) is 12.4. The number of nitrogens with zero attached hydrogens (tertiary/aromatic N) is 3. The second-order valence-corrected chi connectivity index (χ2v) is 10.2. The normalized spacial score (nSPS) is 12.1. The van der Waals surface area contributed by atoms with Crippen LogP contribution in [0.2, 0.25) is 0 Å². The zero-order valence-electron chi connectivity index (χ0n) is 18.6. The predicted molar refractivity (Wildman–Crippen MR) is 139 cm³/mol. The number of thiazole rings is 1. The Morgan fingerprint density at radius 1 is 0.971 bits per heavy atom. The minimum absolute atomic E-state index is 0.263. The van der Waals surface area contributed by atoms with Crippen molar-refractivity contribution in [1.29, 1.82) is 0 Å². The molecule has 8 heteroatoms. The van der Waals surface area contributed by atoms with Crippen LogP contribution in [0.5, 0.6) is 0 Å². The molecule has 0 fully saturated rings. The van der Waals surface area contributed by atoms with Gasteiger partial charge in [-0.05, 0) is 36.8 Å². The minimum atomic E-state index is -0.564.